The van der Waals surface area contributed by atoms with Crippen LogP contribution in [0.1, 0.15) is 20.8 Å². The van der Waals surface area contributed by atoms with Crippen LogP contribution in [0, 0.1) is 13.8 Å². The van der Waals surface area contributed by atoms with E-state index < -0.39 is 0 Å². The number of fused-ring (bicyclic) bond motifs is 1. The summed E-state index contributed by atoms with van der Waals surface area (Å²) >= 11 is 8.65. The number of thiazole rings is 1. The van der Waals surface area contributed by atoms with Crippen molar-refractivity contribution >= 4 is 50.4 Å². The molecule has 0 aliphatic rings. The Hall–Kier alpha value is -1.43. The van der Waals surface area contributed by atoms with Crippen molar-refractivity contribution in [1.82, 2.24) is 4.57 Å². The van der Waals surface area contributed by atoms with Gasteiger partial charge in [-0.05, 0) is 43.2 Å². The number of halogens is 1. The average molecular weight is 337 g/mol. The van der Waals surface area contributed by atoms with E-state index in [0.717, 1.165) is 5.52 Å². The van der Waals surface area contributed by atoms with E-state index in [1.54, 1.807) is 12.1 Å². The first-order valence-electron chi connectivity index (χ1n) is 6.37. The molecule has 2 aromatic heterocycles. The molecule has 2 heterocycles. The van der Waals surface area contributed by atoms with E-state index in [1.165, 1.54) is 38.5 Å². The van der Waals surface area contributed by atoms with Crippen LogP contribution in [0.3, 0.4) is 0 Å². The predicted molar refractivity (Wildman–Crippen MR) is 89.5 cm³/mol. The minimum absolute atomic E-state index is 0.247. The molecule has 3 nitrogen and oxygen atoms in total. The maximum atomic E-state index is 12.2. The van der Waals surface area contributed by atoms with E-state index in [1.807, 2.05) is 11.6 Å². The van der Waals surface area contributed by atoms with Gasteiger partial charge in [0.2, 0.25) is 0 Å². The highest BCUT2D eigenvalue weighted by Crippen LogP contribution is 2.24. The van der Waals surface area contributed by atoms with Crippen LogP contribution in [-0.2, 0) is 7.05 Å². The summed E-state index contributed by atoms with van der Waals surface area (Å²) in [6.45, 7) is 4.15. The summed E-state index contributed by atoms with van der Waals surface area (Å²) in [6, 6.07) is 7.68. The summed E-state index contributed by atoms with van der Waals surface area (Å²) in [5, 5.41) is 0. The van der Waals surface area contributed by atoms with Gasteiger partial charge in [0.15, 0.2) is 4.80 Å². The molecule has 0 fully saturated rings. The summed E-state index contributed by atoms with van der Waals surface area (Å²) in [5.41, 5.74) is 3.52. The van der Waals surface area contributed by atoms with Crippen LogP contribution in [0.5, 0.6) is 0 Å². The van der Waals surface area contributed by atoms with Crippen LogP contribution in [0.15, 0.2) is 29.3 Å². The van der Waals surface area contributed by atoms with Gasteiger partial charge in [-0.3, -0.25) is 4.79 Å². The van der Waals surface area contributed by atoms with Crippen LogP contribution >= 0.6 is 34.3 Å². The van der Waals surface area contributed by atoms with Gasteiger partial charge in [0.1, 0.15) is 0 Å². The highest BCUT2D eigenvalue weighted by Gasteiger charge is 2.10. The minimum Gasteiger partial charge on any atom is -0.319 e. The number of rotatable bonds is 1. The molecular weight excluding hydrogens is 324 g/mol. The number of benzene rings is 1. The van der Waals surface area contributed by atoms with E-state index in [0.29, 0.717) is 14.0 Å². The Morgan fingerprint density at radius 3 is 2.67 bits per heavy atom. The van der Waals surface area contributed by atoms with Crippen molar-refractivity contribution in [1.29, 1.82) is 0 Å². The molecule has 6 heteroatoms. The van der Waals surface area contributed by atoms with Crippen molar-refractivity contribution in [3.8, 4) is 0 Å². The van der Waals surface area contributed by atoms with Crippen molar-refractivity contribution in [2.45, 2.75) is 13.8 Å². The minimum atomic E-state index is -0.247. The van der Waals surface area contributed by atoms with Gasteiger partial charge < -0.3 is 4.57 Å². The monoisotopic (exact) mass is 336 g/mol. The molecule has 0 unspecified atom stereocenters. The van der Waals surface area contributed by atoms with E-state index in [4.69, 9.17) is 11.6 Å². The first kappa shape index (κ1) is 14.5. The highest BCUT2D eigenvalue weighted by atomic mass is 35.5. The van der Waals surface area contributed by atoms with Crippen LogP contribution < -0.4 is 4.80 Å². The Morgan fingerprint density at radius 2 is 2.00 bits per heavy atom. The van der Waals surface area contributed by atoms with Crippen LogP contribution in [0.2, 0.25) is 4.34 Å². The van der Waals surface area contributed by atoms with Crippen molar-refractivity contribution in [3.63, 3.8) is 0 Å². The van der Waals surface area contributed by atoms with Gasteiger partial charge in [0.05, 0.1) is 19.4 Å². The highest BCUT2D eigenvalue weighted by molar-refractivity contribution is 7.18. The molecule has 0 atom stereocenters. The van der Waals surface area contributed by atoms with Gasteiger partial charge in [-0.15, -0.1) is 11.3 Å². The summed E-state index contributed by atoms with van der Waals surface area (Å²) in [7, 11) is 1.94. The van der Waals surface area contributed by atoms with Crippen LogP contribution in [0.4, 0.5) is 0 Å². The Balaban J connectivity index is 2.16. The van der Waals surface area contributed by atoms with E-state index in [-0.39, 0.29) is 5.91 Å². The van der Waals surface area contributed by atoms with Gasteiger partial charge in [0, 0.05) is 7.05 Å². The zero-order valence-electron chi connectivity index (χ0n) is 11.8. The summed E-state index contributed by atoms with van der Waals surface area (Å²) in [5.74, 6) is -0.247. The molecule has 3 rings (SSSR count). The summed E-state index contributed by atoms with van der Waals surface area (Å²) < 4.78 is 3.73. The molecule has 0 saturated heterocycles. The first-order chi connectivity index (χ1) is 9.95. The molecule has 0 spiro atoms. The lowest BCUT2D eigenvalue weighted by molar-refractivity contribution is 0.100. The molecule has 108 valence electrons. The molecular formula is C15H13ClN2OS2. The SMILES string of the molecule is Cc1cc(C)c2sc(=NC(=O)c3ccc(Cl)s3)n(C)c2c1. The van der Waals surface area contributed by atoms with Crippen molar-refractivity contribution in [3.05, 3.63) is 49.4 Å². The molecule has 0 N–H and O–H groups in total. The lowest BCUT2D eigenvalue weighted by atomic mass is 10.1. The molecule has 0 aliphatic carbocycles. The fourth-order valence-electron chi connectivity index (χ4n) is 2.25. The van der Waals surface area contributed by atoms with Gasteiger partial charge in [-0.2, -0.15) is 4.99 Å². The largest absolute Gasteiger partial charge is 0.319 e. The normalized spacial score (nSPS) is 12.3. The smallest absolute Gasteiger partial charge is 0.289 e. The maximum Gasteiger partial charge on any atom is 0.289 e. The fraction of sp³-hybridized carbons (Fsp3) is 0.200. The molecule has 0 bridgehead atoms. The number of thiophene rings is 1. The number of hydrogen-bond donors (Lipinski definition) is 0. The lowest BCUT2D eigenvalue weighted by Crippen LogP contribution is -2.12. The quantitative estimate of drug-likeness (QED) is 0.652. The maximum absolute atomic E-state index is 12.2. The second kappa shape index (κ2) is 5.40. The molecule has 0 radical (unpaired) electrons. The third-order valence-corrected chi connectivity index (χ3v) is 5.72. The average Bonchev–Trinajstić information content (AvgIpc) is 2.97. The molecule has 0 saturated carbocycles. The number of hydrogen-bond acceptors (Lipinski definition) is 3. The van der Waals surface area contributed by atoms with Crippen molar-refractivity contribution < 1.29 is 4.79 Å². The second-order valence-corrected chi connectivity index (χ2v) is 7.59. The zero-order chi connectivity index (χ0) is 15.1. The first-order valence-corrected chi connectivity index (χ1v) is 8.38. The molecule has 0 aliphatic heterocycles. The van der Waals surface area contributed by atoms with E-state index >= 15 is 0 Å². The number of carbonyl (C=O) groups excluding carboxylic acids is 1. The predicted octanol–water partition coefficient (Wildman–Crippen LogP) is 4.31. The Morgan fingerprint density at radius 1 is 1.24 bits per heavy atom. The van der Waals surface area contributed by atoms with Gasteiger partial charge in [0.25, 0.3) is 5.91 Å². The van der Waals surface area contributed by atoms with Crippen LogP contribution in [0.25, 0.3) is 10.2 Å². The fourth-order valence-corrected chi connectivity index (χ4v) is 4.24. The number of aryl methyl sites for hydroxylation is 3. The summed E-state index contributed by atoms with van der Waals surface area (Å²) in [6.07, 6.45) is 0. The third kappa shape index (κ3) is 2.69. The topological polar surface area (TPSA) is 34.4 Å². The van der Waals surface area contributed by atoms with Gasteiger partial charge in [-0.1, -0.05) is 29.0 Å². The van der Waals surface area contributed by atoms with Crippen LogP contribution in [-0.4, -0.2) is 10.5 Å². The Bertz CT molecular complexity index is 918. The van der Waals surface area contributed by atoms with E-state index in [2.05, 4.69) is 31.0 Å². The molecule has 1 amide bonds. The molecule has 1 aromatic carbocycles. The lowest BCUT2D eigenvalue weighted by Gasteiger charge is -2.00. The molecule has 21 heavy (non-hydrogen) atoms. The zero-order valence-corrected chi connectivity index (χ0v) is 14.2. The number of amides is 1. The summed E-state index contributed by atoms with van der Waals surface area (Å²) in [4.78, 5) is 17.7. The number of aromatic nitrogens is 1. The second-order valence-electron chi connectivity index (χ2n) is 4.89. The Kier molecular flexibility index (Phi) is 3.73. The number of nitrogens with zero attached hydrogens (tertiary/aromatic N) is 2. The Labute approximate surface area is 135 Å². The van der Waals surface area contributed by atoms with Gasteiger partial charge in [-0.25, -0.2) is 0 Å². The number of carbonyl (C=O) groups is 1. The third-order valence-electron chi connectivity index (χ3n) is 3.22. The van der Waals surface area contributed by atoms with E-state index in [9.17, 15) is 4.79 Å². The van der Waals surface area contributed by atoms with Crippen molar-refractivity contribution in [2.75, 3.05) is 0 Å². The standard InChI is InChI=1S/C15H13ClN2OS2/c1-8-6-9(2)13-10(7-8)18(3)15(21-13)17-14(19)11-4-5-12(16)20-11/h4-7H,1-3H3. The van der Waals surface area contributed by atoms with Gasteiger partial charge >= 0.3 is 0 Å². The van der Waals surface area contributed by atoms with Crippen molar-refractivity contribution in [2.24, 2.45) is 12.0 Å². The molecule has 3 aromatic rings.